The first-order chi connectivity index (χ1) is 11.9. The Kier molecular flexibility index (Phi) is 5.94. The Labute approximate surface area is 145 Å². The number of nitro benzene ring substituents is 1. The van der Waals surface area contributed by atoms with Crippen LogP contribution in [-0.4, -0.2) is 24.5 Å². The number of nitro groups is 1. The standard InChI is InChI=1S/C18H20N2O5/c1-12-4-6-16(13(2)10-12)25-9-8-18(21)19-15-11-14(20(22)23)5-7-17(15)24-3/h4-7,10-11H,8-9H2,1-3H3,(H,19,21). The quantitative estimate of drug-likeness (QED) is 0.612. The number of ether oxygens (including phenoxy) is 2. The lowest BCUT2D eigenvalue weighted by Crippen LogP contribution is -2.16. The molecule has 0 aliphatic heterocycles. The molecule has 0 spiro atoms. The van der Waals surface area contributed by atoms with Crippen LogP contribution >= 0.6 is 0 Å². The number of hydrogen-bond donors (Lipinski definition) is 1. The fourth-order valence-corrected chi connectivity index (χ4v) is 2.33. The molecule has 0 fully saturated rings. The second-order valence-electron chi connectivity index (χ2n) is 5.56. The number of methoxy groups -OCH3 is 1. The van der Waals surface area contributed by atoms with Crippen molar-refractivity contribution in [3.63, 3.8) is 0 Å². The predicted octanol–water partition coefficient (Wildman–Crippen LogP) is 3.63. The van der Waals surface area contributed by atoms with Crippen molar-refractivity contribution in [1.29, 1.82) is 0 Å². The fourth-order valence-electron chi connectivity index (χ4n) is 2.33. The third kappa shape index (κ3) is 4.94. The van der Waals surface area contributed by atoms with Crippen molar-refractivity contribution in [2.24, 2.45) is 0 Å². The highest BCUT2D eigenvalue weighted by molar-refractivity contribution is 5.92. The molecule has 7 nitrogen and oxygen atoms in total. The number of rotatable bonds is 7. The predicted molar refractivity (Wildman–Crippen MR) is 94.3 cm³/mol. The van der Waals surface area contributed by atoms with E-state index in [2.05, 4.69) is 5.32 Å². The third-order valence-corrected chi connectivity index (χ3v) is 3.59. The van der Waals surface area contributed by atoms with Gasteiger partial charge in [0.05, 0.1) is 30.7 Å². The summed E-state index contributed by atoms with van der Waals surface area (Å²) in [5.74, 6) is 0.768. The Morgan fingerprint density at radius 2 is 1.88 bits per heavy atom. The molecule has 0 saturated carbocycles. The summed E-state index contributed by atoms with van der Waals surface area (Å²) in [6.07, 6.45) is 0.110. The first-order valence-electron chi connectivity index (χ1n) is 7.73. The van der Waals surface area contributed by atoms with Crippen molar-refractivity contribution in [2.75, 3.05) is 19.0 Å². The molecule has 0 radical (unpaired) electrons. The minimum atomic E-state index is -0.529. The fraction of sp³-hybridized carbons (Fsp3) is 0.278. The minimum Gasteiger partial charge on any atom is -0.495 e. The van der Waals surface area contributed by atoms with Crippen molar-refractivity contribution in [3.05, 3.63) is 57.6 Å². The number of hydrogen-bond acceptors (Lipinski definition) is 5. The number of nitrogens with zero attached hydrogens (tertiary/aromatic N) is 1. The number of aryl methyl sites for hydroxylation is 2. The molecule has 0 aromatic heterocycles. The van der Waals surface area contributed by atoms with E-state index < -0.39 is 4.92 Å². The van der Waals surface area contributed by atoms with Crippen molar-refractivity contribution in [3.8, 4) is 11.5 Å². The van der Waals surface area contributed by atoms with Gasteiger partial charge in [0.25, 0.3) is 5.69 Å². The molecule has 0 unspecified atom stereocenters. The lowest BCUT2D eigenvalue weighted by atomic mass is 10.1. The highest BCUT2D eigenvalue weighted by Crippen LogP contribution is 2.29. The van der Waals surface area contributed by atoms with Crippen LogP contribution in [0, 0.1) is 24.0 Å². The molecular formula is C18H20N2O5. The molecule has 0 atom stereocenters. The van der Waals surface area contributed by atoms with Gasteiger partial charge in [0.1, 0.15) is 11.5 Å². The Balaban J connectivity index is 1.96. The summed E-state index contributed by atoms with van der Waals surface area (Å²) in [6.45, 7) is 4.14. The van der Waals surface area contributed by atoms with Crippen LogP contribution in [0.5, 0.6) is 11.5 Å². The molecule has 1 N–H and O–H groups in total. The summed E-state index contributed by atoms with van der Waals surface area (Å²) >= 11 is 0. The van der Waals surface area contributed by atoms with Gasteiger partial charge in [-0.05, 0) is 31.5 Å². The van der Waals surface area contributed by atoms with Gasteiger partial charge >= 0.3 is 0 Å². The molecule has 0 bridgehead atoms. The van der Waals surface area contributed by atoms with Gasteiger partial charge in [-0.3, -0.25) is 14.9 Å². The van der Waals surface area contributed by atoms with Crippen molar-refractivity contribution >= 4 is 17.3 Å². The second-order valence-corrected chi connectivity index (χ2v) is 5.56. The van der Waals surface area contributed by atoms with Gasteiger partial charge in [0.15, 0.2) is 0 Å². The molecule has 1 amide bonds. The normalized spacial score (nSPS) is 10.2. The third-order valence-electron chi connectivity index (χ3n) is 3.59. The summed E-state index contributed by atoms with van der Waals surface area (Å²) in [5.41, 5.74) is 2.27. The van der Waals surface area contributed by atoms with E-state index in [1.54, 1.807) is 0 Å². The number of carbonyl (C=O) groups excluding carboxylic acids is 1. The van der Waals surface area contributed by atoms with Crippen LogP contribution < -0.4 is 14.8 Å². The van der Waals surface area contributed by atoms with Crippen LogP contribution in [0.3, 0.4) is 0 Å². The number of nitrogens with one attached hydrogen (secondary N) is 1. The maximum atomic E-state index is 12.1. The zero-order valence-electron chi connectivity index (χ0n) is 14.4. The molecule has 0 heterocycles. The van der Waals surface area contributed by atoms with Gasteiger partial charge in [-0.2, -0.15) is 0 Å². The van der Waals surface area contributed by atoms with Crippen molar-refractivity contribution < 1.29 is 19.2 Å². The van der Waals surface area contributed by atoms with Crippen LogP contribution in [0.1, 0.15) is 17.5 Å². The number of benzene rings is 2. The average Bonchev–Trinajstić information content (AvgIpc) is 2.56. The summed E-state index contributed by atoms with van der Waals surface area (Å²) in [6, 6.07) is 9.84. The molecule has 0 saturated heterocycles. The van der Waals surface area contributed by atoms with E-state index in [1.165, 1.54) is 25.3 Å². The minimum absolute atomic E-state index is 0.110. The van der Waals surface area contributed by atoms with Gasteiger partial charge in [0.2, 0.25) is 5.91 Å². The van der Waals surface area contributed by atoms with Crippen molar-refractivity contribution in [2.45, 2.75) is 20.3 Å². The zero-order valence-corrected chi connectivity index (χ0v) is 14.4. The Bertz CT molecular complexity index is 789. The number of amides is 1. The topological polar surface area (TPSA) is 90.7 Å². The van der Waals surface area contributed by atoms with E-state index in [0.29, 0.717) is 5.75 Å². The van der Waals surface area contributed by atoms with E-state index in [4.69, 9.17) is 9.47 Å². The molecular weight excluding hydrogens is 324 g/mol. The van der Waals surface area contributed by atoms with Crippen LogP contribution in [0.2, 0.25) is 0 Å². The highest BCUT2D eigenvalue weighted by atomic mass is 16.6. The average molecular weight is 344 g/mol. The lowest BCUT2D eigenvalue weighted by molar-refractivity contribution is -0.384. The highest BCUT2D eigenvalue weighted by Gasteiger charge is 2.13. The SMILES string of the molecule is COc1ccc([N+](=O)[O-])cc1NC(=O)CCOc1ccc(C)cc1C. The molecule has 25 heavy (non-hydrogen) atoms. The van der Waals surface area contributed by atoms with Gasteiger partial charge in [-0.25, -0.2) is 0 Å². The van der Waals surface area contributed by atoms with Gasteiger partial charge in [0, 0.05) is 12.1 Å². The molecule has 2 rings (SSSR count). The molecule has 7 heteroatoms. The van der Waals surface area contributed by atoms with E-state index in [-0.39, 0.29) is 30.3 Å². The van der Waals surface area contributed by atoms with Crippen LogP contribution in [0.25, 0.3) is 0 Å². The molecule has 0 aliphatic carbocycles. The Hall–Kier alpha value is -3.09. The number of anilines is 1. The summed E-state index contributed by atoms with van der Waals surface area (Å²) in [4.78, 5) is 22.4. The first-order valence-corrected chi connectivity index (χ1v) is 7.73. The Morgan fingerprint density at radius 1 is 1.16 bits per heavy atom. The molecule has 132 valence electrons. The maximum Gasteiger partial charge on any atom is 0.271 e. The molecule has 0 aliphatic rings. The van der Waals surface area contributed by atoms with Gasteiger partial charge < -0.3 is 14.8 Å². The number of non-ortho nitro benzene ring substituents is 1. The van der Waals surface area contributed by atoms with Crippen LogP contribution in [-0.2, 0) is 4.79 Å². The van der Waals surface area contributed by atoms with Crippen LogP contribution in [0.15, 0.2) is 36.4 Å². The van der Waals surface area contributed by atoms with Crippen LogP contribution in [0.4, 0.5) is 11.4 Å². The van der Waals surface area contributed by atoms with E-state index in [9.17, 15) is 14.9 Å². The Morgan fingerprint density at radius 3 is 2.52 bits per heavy atom. The largest absolute Gasteiger partial charge is 0.495 e. The second kappa shape index (κ2) is 8.14. The maximum absolute atomic E-state index is 12.1. The smallest absolute Gasteiger partial charge is 0.271 e. The number of carbonyl (C=O) groups is 1. The van der Waals surface area contributed by atoms with E-state index in [1.807, 2.05) is 32.0 Å². The molecule has 2 aromatic rings. The van der Waals surface area contributed by atoms with Crippen molar-refractivity contribution in [1.82, 2.24) is 0 Å². The summed E-state index contributed by atoms with van der Waals surface area (Å²) < 4.78 is 10.7. The summed E-state index contributed by atoms with van der Waals surface area (Å²) in [5, 5.41) is 13.5. The molecule has 2 aromatic carbocycles. The first kappa shape index (κ1) is 18.3. The lowest BCUT2D eigenvalue weighted by Gasteiger charge is -2.11. The van der Waals surface area contributed by atoms with E-state index in [0.717, 1.165) is 16.9 Å². The zero-order chi connectivity index (χ0) is 18.4. The summed E-state index contributed by atoms with van der Waals surface area (Å²) in [7, 11) is 1.43. The van der Waals surface area contributed by atoms with Gasteiger partial charge in [-0.15, -0.1) is 0 Å². The van der Waals surface area contributed by atoms with Gasteiger partial charge in [-0.1, -0.05) is 17.7 Å². The monoisotopic (exact) mass is 344 g/mol. The van der Waals surface area contributed by atoms with E-state index >= 15 is 0 Å².